The second-order valence-corrected chi connectivity index (χ2v) is 6.32. The molecular weight excluding hydrogens is 290 g/mol. The Morgan fingerprint density at radius 1 is 1.19 bits per heavy atom. The minimum Gasteiger partial charge on any atom is -0.348 e. The Hall–Kier alpha value is -2.41. The zero-order chi connectivity index (χ0) is 15.0. The van der Waals surface area contributed by atoms with Crippen molar-refractivity contribution >= 4 is 27.8 Å². The third-order valence-electron chi connectivity index (χ3n) is 3.32. The standard InChI is InChI=1S/C14H13N3O3S/c1-16-8-4-6-11(16)13(18)9-17-10-15-21(19,20)14-7-3-2-5-12(14)17/h2-8,10H,9H2,1H3. The summed E-state index contributed by atoms with van der Waals surface area (Å²) in [4.78, 5) is 14.0. The molecule has 0 unspecified atom stereocenters. The van der Waals surface area contributed by atoms with E-state index in [1.165, 1.54) is 12.4 Å². The highest BCUT2D eigenvalue weighted by atomic mass is 32.2. The Balaban J connectivity index is 1.95. The summed E-state index contributed by atoms with van der Waals surface area (Å²) in [7, 11) is -1.87. The molecule has 0 atom stereocenters. The number of carbonyl (C=O) groups excluding carboxylic acids is 1. The van der Waals surface area contributed by atoms with Crippen LogP contribution in [0.1, 0.15) is 10.5 Å². The first kappa shape index (κ1) is 13.6. The average molecular weight is 303 g/mol. The average Bonchev–Trinajstić information content (AvgIpc) is 2.89. The van der Waals surface area contributed by atoms with Gasteiger partial charge in [-0.05, 0) is 24.3 Å². The molecule has 1 aliphatic rings. The number of hydrogen-bond donors (Lipinski definition) is 0. The Bertz CT molecular complexity index is 837. The lowest BCUT2D eigenvalue weighted by molar-refractivity contribution is 0.0994. The van der Waals surface area contributed by atoms with Crippen molar-refractivity contribution in [2.75, 3.05) is 11.4 Å². The van der Waals surface area contributed by atoms with Crippen LogP contribution in [0.2, 0.25) is 0 Å². The van der Waals surface area contributed by atoms with Gasteiger partial charge in [-0.3, -0.25) is 4.79 Å². The number of benzene rings is 1. The second kappa shape index (κ2) is 4.85. The summed E-state index contributed by atoms with van der Waals surface area (Å²) in [6.07, 6.45) is 2.98. The van der Waals surface area contributed by atoms with Gasteiger partial charge in [0.05, 0.1) is 17.9 Å². The largest absolute Gasteiger partial charge is 0.348 e. The van der Waals surface area contributed by atoms with E-state index in [2.05, 4.69) is 4.40 Å². The minimum atomic E-state index is -3.66. The molecule has 7 heteroatoms. The number of sulfonamides is 1. The molecule has 0 spiro atoms. The highest BCUT2D eigenvalue weighted by Gasteiger charge is 2.26. The van der Waals surface area contributed by atoms with Crippen LogP contribution in [-0.2, 0) is 17.1 Å². The third-order valence-corrected chi connectivity index (χ3v) is 4.59. The van der Waals surface area contributed by atoms with Crippen LogP contribution < -0.4 is 4.90 Å². The van der Waals surface area contributed by atoms with Gasteiger partial charge in [0.2, 0.25) is 0 Å². The predicted octanol–water partition coefficient (Wildman–Crippen LogP) is 1.45. The molecule has 3 rings (SSSR count). The summed E-state index contributed by atoms with van der Waals surface area (Å²) in [5.41, 5.74) is 1.03. The monoisotopic (exact) mass is 303 g/mol. The van der Waals surface area contributed by atoms with Crippen molar-refractivity contribution in [1.29, 1.82) is 0 Å². The fourth-order valence-electron chi connectivity index (χ4n) is 2.26. The Labute approximate surface area is 122 Å². The lowest BCUT2D eigenvalue weighted by Gasteiger charge is -2.24. The first-order chi connectivity index (χ1) is 9.99. The topological polar surface area (TPSA) is 71.7 Å². The van der Waals surface area contributed by atoms with Crippen LogP contribution in [0.15, 0.2) is 51.9 Å². The molecule has 1 aromatic carbocycles. The normalized spacial score (nSPS) is 15.8. The van der Waals surface area contributed by atoms with Gasteiger partial charge in [-0.1, -0.05) is 12.1 Å². The number of hydrogen-bond acceptors (Lipinski definition) is 4. The second-order valence-electron chi connectivity index (χ2n) is 4.72. The van der Waals surface area contributed by atoms with Crippen molar-refractivity contribution in [3.05, 3.63) is 48.3 Å². The smallest absolute Gasteiger partial charge is 0.285 e. The quantitative estimate of drug-likeness (QED) is 0.805. The van der Waals surface area contributed by atoms with Gasteiger partial charge >= 0.3 is 0 Å². The van der Waals surface area contributed by atoms with Crippen molar-refractivity contribution in [3.63, 3.8) is 0 Å². The predicted molar refractivity (Wildman–Crippen MR) is 79.2 cm³/mol. The molecule has 0 aliphatic carbocycles. The van der Waals surface area contributed by atoms with Crippen LogP contribution in [0.25, 0.3) is 0 Å². The Morgan fingerprint density at radius 2 is 1.95 bits per heavy atom. The molecule has 0 saturated carbocycles. The number of anilines is 1. The maximum Gasteiger partial charge on any atom is 0.285 e. The number of ketones is 1. The van der Waals surface area contributed by atoms with Gasteiger partial charge in [-0.25, -0.2) is 0 Å². The first-order valence-corrected chi connectivity index (χ1v) is 7.74. The van der Waals surface area contributed by atoms with Gasteiger partial charge in [-0.2, -0.15) is 8.42 Å². The molecule has 0 bridgehead atoms. The van der Waals surface area contributed by atoms with Crippen LogP contribution >= 0.6 is 0 Å². The van der Waals surface area contributed by atoms with Gasteiger partial charge in [0.25, 0.3) is 10.0 Å². The number of nitrogens with zero attached hydrogens (tertiary/aromatic N) is 3. The van der Waals surface area contributed by atoms with Gasteiger partial charge in [-0.15, -0.1) is 4.40 Å². The molecule has 2 aromatic rings. The molecule has 108 valence electrons. The van der Waals surface area contributed by atoms with E-state index in [0.717, 1.165) is 0 Å². The van der Waals surface area contributed by atoms with E-state index in [4.69, 9.17) is 0 Å². The number of Topliss-reactive ketones (excluding diaryl/α,β-unsaturated/α-hetero) is 1. The molecule has 1 aliphatic heterocycles. The van der Waals surface area contributed by atoms with E-state index in [1.807, 2.05) is 0 Å². The molecule has 0 saturated heterocycles. The van der Waals surface area contributed by atoms with Crippen LogP contribution in [-0.4, -0.2) is 31.7 Å². The van der Waals surface area contributed by atoms with E-state index in [9.17, 15) is 13.2 Å². The molecular formula is C14H13N3O3S. The molecule has 0 radical (unpaired) electrons. The fraction of sp³-hybridized carbons (Fsp3) is 0.143. The van der Waals surface area contributed by atoms with Crippen molar-refractivity contribution in [1.82, 2.24) is 4.57 Å². The highest BCUT2D eigenvalue weighted by molar-refractivity contribution is 7.90. The van der Waals surface area contributed by atoms with Crippen molar-refractivity contribution in [2.45, 2.75) is 4.90 Å². The van der Waals surface area contributed by atoms with E-state index in [1.54, 1.807) is 53.0 Å². The van der Waals surface area contributed by atoms with Gasteiger partial charge in [0, 0.05) is 13.2 Å². The van der Waals surface area contributed by atoms with E-state index in [-0.39, 0.29) is 17.2 Å². The Morgan fingerprint density at radius 3 is 2.67 bits per heavy atom. The third kappa shape index (κ3) is 2.36. The molecule has 0 N–H and O–H groups in total. The highest BCUT2D eigenvalue weighted by Crippen LogP contribution is 2.29. The van der Waals surface area contributed by atoms with Crippen molar-refractivity contribution in [2.24, 2.45) is 11.4 Å². The SMILES string of the molecule is Cn1cccc1C(=O)CN1C=NS(=O)(=O)c2ccccc21. The molecule has 21 heavy (non-hydrogen) atoms. The summed E-state index contributed by atoms with van der Waals surface area (Å²) in [6, 6.07) is 10.0. The number of aromatic nitrogens is 1. The lowest BCUT2D eigenvalue weighted by Crippen LogP contribution is -2.33. The van der Waals surface area contributed by atoms with Gasteiger partial charge < -0.3 is 9.47 Å². The maximum atomic E-state index is 12.3. The number of aryl methyl sites for hydroxylation is 1. The Kier molecular flexibility index (Phi) is 3.13. The zero-order valence-corrected chi connectivity index (χ0v) is 12.1. The molecule has 0 fully saturated rings. The lowest BCUT2D eigenvalue weighted by atomic mass is 10.2. The van der Waals surface area contributed by atoms with Gasteiger partial charge in [0.1, 0.15) is 11.2 Å². The fourth-order valence-corrected chi connectivity index (χ4v) is 3.31. The van der Waals surface area contributed by atoms with Crippen LogP contribution in [0.3, 0.4) is 0 Å². The zero-order valence-electron chi connectivity index (χ0n) is 11.3. The number of fused-ring (bicyclic) bond motifs is 1. The summed E-state index contributed by atoms with van der Waals surface area (Å²) in [5.74, 6) is -0.108. The van der Waals surface area contributed by atoms with Crippen molar-refractivity contribution in [3.8, 4) is 0 Å². The van der Waals surface area contributed by atoms with Crippen LogP contribution in [0.5, 0.6) is 0 Å². The molecule has 6 nitrogen and oxygen atoms in total. The summed E-state index contributed by atoms with van der Waals surface area (Å²) >= 11 is 0. The number of carbonyl (C=O) groups is 1. The number of rotatable bonds is 3. The summed E-state index contributed by atoms with van der Waals surface area (Å²) in [6.45, 7) is 0.0356. The van der Waals surface area contributed by atoms with E-state index in [0.29, 0.717) is 11.4 Å². The maximum absolute atomic E-state index is 12.3. The summed E-state index contributed by atoms with van der Waals surface area (Å²) in [5, 5.41) is 0. The van der Waals surface area contributed by atoms with Crippen LogP contribution in [0.4, 0.5) is 5.69 Å². The summed E-state index contributed by atoms with van der Waals surface area (Å²) < 4.78 is 29.0. The first-order valence-electron chi connectivity index (χ1n) is 6.30. The number of para-hydroxylation sites is 1. The van der Waals surface area contributed by atoms with E-state index < -0.39 is 10.0 Å². The molecule has 2 heterocycles. The van der Waals surface area contributed by atoms with Crippen LogP contribution in [0, 0.1) is 0 Å². The molecule has 0 amide bonds. The van der Waals surface area contributed by atoms with Gasteiger partial charge in [0.15, 0.2) is 5.78 Å². The van der Waals surface area contributed by atoms with Crippen molar-refractivity contribution < 1.29 is 13.2 Å². The minimum absolute atomic E-state index is 0.0356. The molecule has 1 aromatic heterocycles. The van der Waals surface area contributed by atoms with E-state index >= 15 is 0 Å².